The molecule has 1 aromatic rings. The van der Waals surface area contributed by atoms with Crippen LogP contribution in [0.15, 0.2) is 16.6 Å². The molecule has 0 saturated carbocycles. The van der Waals surface area contributed by atoms with Crippen LogP contribution in [0.5, 0.6) is 11.5 Å². The largest absolute Gasteiger partial charge is 0.493 e. The molecule has 0 spiro atoms. The Morgan fingerprint density at radius 1 is 1.35 bits per heavy atom. The van der Waals surface area contributed by atoms with Crippen LogP contribution >= 0.6 is 15.9 Å². The summed E-state index contributed by atoms with van der Waals surface area (Å²) in [6, 6.07) is 3.83. The molecule has 96 valence electrons. The smallest absolute Gasteiger partial charge is 0.165 e. The van der Waals surface area contributed by atoms with E-state index in [0.29, 0.717) is 24.6 Å². The summed E-state index contributed by atoms with van der Waals surface area (Å²) in [7, 11) is 3.22. The standard InChI is InChI=1S/C12H18BrNO3/c1-8(15)6-14-7-9-4-10(13)5-11(16-2)12(9)17-3/h4-5,8,14-15H,6-7H2,1-3H3. The average Bonchev–Trinajstić information content (AvgIpc) is 2.27. The van der Waals surface area contributed by atoms with Gasteiger partial charge in [-0.1, -0.05) is 15.9 Å². The van der Waals surface area contributed by atoms with Crippen LogP contribution in [-0.2, 0) is 6.54 Å². The molecule has 4 nitrogen and oxygen atoms in total. The molecule has 0 fully saturated rings. The van der Waals surface area contributed by atoms with Gasteiger partial charge in [0.25, 0.3) is 0 Å². The van der Waals surface area contributed by atoms with Crippen molar-refractivity contribution >= 4 is 15.9 Å². The van der Waals surface area contributed by atoms with Gasteiger partial charge in [-0.05, 0) is 19.1 Å². The third-order valence-corrected chi connectivity index (χ3v) is 2.73. The number of hydrogen-bond donors (Lipinski definition) is 2. The van der Waals surface area contributed by atoms with E-state index < -0.39 is 0 Å². The molecule has 2 N–H and O–H groups in total. The van der Waals surface area contributed by atoms with Crippen molar-refractivity contribution in [2.75, 3.05) is 20.8 Å². The van der Waals surface area contributed by atoms with Crippen LogP contribution in [0.3, 0.4) is 0 Å². The maximum absolute atomic E-state index is 9.18. The van der Waals surface area contributed by atoms with Gasteiger partial charge in [-0.2, -0.15) is 0 Å². The van der Waals surface area contributed by atoms with Crippen LogP contribution in [0.1, 0.15) is 12.5 Å². The maximum Gasteiger partial charge on any atom is 0.165 e. The first-order chi connectivity index (χ1) is 8.08. The fourth-order valence-electron chi connectivity index (χ4n) is 1.55. The van der Waals surface area contributed by atoms with Gasteiger partial charge in [-0.3, -0.25) is 0 Å². The number of aliphatic hydroxyl groups is 1. The highest BCUT2D eigenvalue weighted by molar-refractivity contribution is 9.10. The van der Waals surface area contributed by atoms with E-state index in [9.17, 15) is 5.11 Å². The summed E-state index contributed by atoms with van der Waals surface area (Å²) in [5.41, 5.74) is 0.986. The van der Waals surface area contributed by atoms with E-state index in [0.717, 1.165) is 10.0 Å². The van der Waals surface area contributed by atoms with Gasteiger partial charge in [0, 0.05) is 23.1 Å². The van der Waals surface area contributed by atoms with Gasteiger partial charge < -0.3 is 19.9 Å². The molecule has 1 rings (SSSR count). The minimum absolute atomic E-state index is 0.366. The third-order valence-electron chi connectivity index (χ3n) is 2.28. The molecule has 0 aliphatic carbocycles. The van der Waals surface area contributed by atoms with E-state index in [1.807, 2.05) is 12.1 Å². The van der Waals surface area contributed by atoms with Gasteiger partial charge in [0.15, 0.2) is 11.5 Å². The molecular formula is C12H18BrNO3. The minimum Gasteiger partial charge on any atom is -0.493 e. The summed E-state index contributed by atoms with van der Waals surface area (Å²) >= 11 is 3.43. The molecule has 0 aliphatic rings. The van der Waals surface area contributed by atoms with Crippen molar-refractivity contribution in [1.29, 1.82) is 0 Å². The highest BCUT2D eigenvalue weighted by Crippen LogP contribution is 2.34. The van der Waals surface area contributed by atoms with Crippen molar-refractivity contribution in [3.63, 3.8) is 0 Å². The molecule has 0 aliphatic heterocycles. The predicted octanol–water partition coefficient (Wildman–Crippen LogP) is 1.94. The summed E-state index contributed by atoms with van der Waals surface area (Å²) in [6.07, 6.45) is -0.366. The molecule has 0 radical (unpaired) electrons. The summed E-state index contributed by atoms with van der Waals surface area (Å²) in [4.78, 5) is 0. The molecule has 0 bridgehead atoms. The normalized spacial score (nSPS) is 12.3. The molecule has 1 atom stereocenters. The van der Waals surface area contributed by atoms with Crippen molar-refractivity contribution in [2.45, 2.75) is 19.6 Å². The number of rotatable bonds is 6. The number of halogens is 1. The molecule has 0 amide bonds. The zero-order chi connectivity index (χ0) is 12.8. The highest BCUT2D eigenvalue weighted by atomic mass is 79.9. The van der Waals surface area contributed by atoms with E-state index in [2.05, 4.69) is 21.2 Å². The summed E-state index contributed by atoms with van der Waals surface area (Å²) in [6.45, 7) is 2.90. The van der Waals surface area contributed by atoms with Crippen molar-refractivity contribution in [1.82, 2.24) is 5.32 Å². The fourth-order valence-corrected chi connectivity index (χ4v) is 2.04. The van der Waals surface area contributed by atoms with Crippen molar-refractivity contribution < 1.29 is 14.6 Å². The van der Waals surface area contributed by atoms with E-state index in [1.165, 1.54) is 0 Å². The Hall–Kier alpha value is -0.780. The van der Waals surface area contributed by atoms with E-state index in [1.54, 1.807) is 21.1 Å². The number of nitrogens with one attached hydrogen (secondary N) is 1. The minimum atomic E-state index is -0.366. The Morgan fingerprint density at radius 2 is 2.06 bits per heavy atom. The van der Waals surface area contributed by atoms with E-state index in [-0.39, 0.29) is 6.10 Å². The Bertz CT molecular complexity index is 369. The van der Waals surface area contributed by atoms with Crippen molar-refractivity contribution in [3.8, 4) is 11.5 Å². The molecule has 17 heavy (non-hydrogen) atoms. The number of benzene rings is 1. The second-order valence-corrected chi connectivity index (χ2v) is 4.70. The molecule has 5 heteroatoms. The Kier molecular flexibility index (Phi) is 5.74. The first-order valence-electron chi connectivity index (χ1n) is 5.37. The topological polar surface area (TPSA) is 50.7 Å². The zero-order valence-corrected chi connectivity index (χ0v) is 11.9. The second kappa shape index (κ2) is 6.83. The number of methoxy groups -OCH3 is 2. The molecule has 0 saturated heterocycles. The number of hydrogen-bond acceptors (Lipinski definition) is 4. The lowest BCUT2D eigenvalue weighted by Crippen LogP contribution is -2.24. The lowest BCUT2D eigenvalue weighted by molar-refractivity contribution is 0.191. The molecule has 1 unspecified atom stereocenters. The van der Waals surface area contributed by atoms with Gasteiger partial charge in [-0.25, -0.2) is 0 Å². The maximum atomic E-state index is 9.18. The molecule has 0 heterocycles. The highest BCUT2D eigenvalue weighted by Gasteiger charge is 2.11. The van der Waals surface area contributed by atoms with Gasteiger partial charge >= 0.3 is 0 Å². The lowest BCUT2D eigenvalue weighted by Gasteiger charge is -2.14. The summed E-state index contributed by atoms with van der Waals surface area (Å²) in [5, 5.41) is 12.3. The van der Waals surface area contributed by atoms with Crippen LogP contribution in [0.25, 0.3) is 0 Å². The van der Waals surface area contributed by atoms with Crippen LogP contribution in [0, 0.1) is 0 Å². The fraction of sp³-hybridized carbons (Fsp3) is 0.500. The SMILES string of the molecule is COc1cc(Br)cc(CNCC(C)O)c1OC. The lowest BCUT2D eigenvalue weighted by atomic mass is 10.2. The second-order valence-electron chi connectivity index (χ2n) is 3.78. The van der Waals surface area contributed by atoms with Crippen molar-refractivity contribution in [3.05, 3.63) is 22.2 Å². The Labute approximate surface area is 110 Å². The quantitative estimate of drug-likeness (QED) is 0.843. The van der Waals surface area contributed by atoms with Crippen LogP contribution < -0.4 is 14.8 Å². The first kappa shape index (κ1) is 14.3. The Balaban J connectivity index is 2.85. The predicted molar refractivity (Wildman–Crippen MR) is 70.6 cm³/mol. The molecule has 1 aromatic carbocycles. The summed E-state index contributed by atoms with van der Waals surface area (Å²) in [5.74, 6) is 1.41. The van der Waals surface area contributed by atoms with Crippen molar-refractivity contribution in [2.24, 2.45) is 0 Å². The number of ether oxygens (including phenoxy) is 2. The van der Waals surface area contributed by atoms with Gasteiger partial charge in [0.2, 0.25) is 0 Å². The van der Waals surface area contributed by atoms with Gasteiger partial charge in [-0.15, -0.1) is 0 Å². The molecular weight excluding hydrogens is 286 g/mol. The van der Waals surface area contributed by atoms with Gasteiger partial charge in [0.05, 0.1) is 20.3 Å². The van der Waals surface area contributed by atoms with Crippen LogP contribution in [0.2, 0.25) is 0 Å². The monoisotopic (exact) mass is 303 g/mol. The van der Waals surface area contributed by atoms with Crippen LogP contribution in [-0.4, -0.2) is 32.0 Å². The summed E-state index contributed by atoms with van der Waals surface area (Å²) < 4.78 is 11.5. The Morgan fingerprint density at radius 3 is 2.59 bits per heavy atom. The first-order valence-corrected chi connectivity index (χ1v) is 6.17. The zero-order valence-electron chi connectivity index (χ0n) is 10.3. The number of aliphatic hydroxyl groups excluding tert-OH is 1. The van der Waals surface area contributed by atoms with Crippen LogP contribution in [0.4, 0.5) is 0 Å². The van der Waals surface area contributed by atoms with E-state index >= 15 is 0 Å². The van der Waals surface area contributed by atoms with Gasteiger partial charge in [0.1, 0.15) is 0 Å². The molecule has 0 aromatic heterocycles. The average molecular weight is 304 g/mol. The van der Waals surface area contributed by atoms with E-state index in [4.69, 9.17) is 9.47 Å². The third kappa shape index (κ3) is 4.18.